The maximum atomic E-state index is 12.5. The zero-order valence-electron chi connectivity index (χ0n) is 11.3. The summed E-state index contributed by atoms with van der Waals surface area (Å²) in [4.78, 5) is 1.08. The molecule has 0 heterocycles. The number of para-hydroxylation sites is 1. The van der Waals surface area contributed by atoms with Crippen molar-refractivity contribution in [2.75, 3.05) is 16.7 Å². The van der Waals surface area contributed by atoms with Crippen LogP contribution in [-0.2, 0) is 10.0 Å². The van der Waals surface area contributed by atoms with Crippen molar-refractivity contribution in [1.82, 2.24) is 0 Å². The number of sulfonamides is 1. The molecule has 0 saturated carbocycles. The van der Waals surface area contributed by atoms with Crippen LogP contribution < -0.4 is 10.5 Å². The summed E-state index contributed by atoms with van der Waals surface area (Å²) in [5.41, 5.74) is 7.36. The fraction of sp³-hybridized carbons (Fsp3) is 0.143. The van der Waals surface area contributed by atoms with Crippen molar-refractivity contribution in [2.24, 2.45) is 0 Å². The quantitative estimate of drug-likeness (QED) is 0.672. The zero-order valence-corrected chi connectivity index (χ0v) is 12.9. The van der Waals surface area contributed by atoms with E-state index in [9.17, 15) is 8.42 Å². The van der Waals surface area contributed by atoms with Gasteiger partial charge in [-0.1, -0.05) is 18.2 Å². The first kappa shape index (κ1) is 14.7. The Bertz CT molecular complexity index is 728. The van der Waals surface area contributed by atoms with Crippen LogP contribution in [0.1, 0.15) is 5.56 Å². The van der Waals surface area contributed by atoms with E-state index >= 15 is 0 Å². The van der Waals surface area contributed by atoms with Gasteiger partial charge in [0.25, 0.3) is 10.0 Å². The Morgan fingerprint density at radius 1 is 1.10 bits per heavy atom. The van der Waals surface area contributed by atoms with E-state index in [2.05, 4.69) is 4.72 Å². The van der Waals surface area contributed by atoms with Crippen molar-refractivity contribution in [2.45, 2.75) is 16.7 Å². The van der Waals surface area contributed by atoms with E-state index in [-0.39, 0.29) is 4.90 Å². The highest BCUT2D eigenvalue weighted by molar-refractivity contribution is 7.99. The molecule has 0 fully saturated rings. The van der Waals surface area contributed by atoms with Gasteiger partial charge in [-0.2, -0.15) is 0 Å². The lowest BCUT2D eigenvalue weighted by Gasteiger charge is -2.13. The highest BCUT2D eigenvalue weighted by Gasteiger charge is 2.19. The Hall–Kier alpha value is -1.66. The van der Waals surface area contributed by atoms with Crippen LogP contribution in [0, 0.1) is 6.92 Å². The average molecular weight is 308 g/mol. The van der Waals surface area contributed by atoms with Gasteiger partial charge in [0.05, 0.1) is 10.6 Å². The molecule has 0 bridgehead atoms. The number of benzene rings is 2. The minimum Gasteiger partial charge on any atom is -0.398 e. The summed E-state index contributed by atoms with van der Waals surface area (Å²) in [6.45, 7) is 1.70. The summed E-state index contributed by atoms with van der Waals surface area (Å²) in [7, 11) is -3.64. The SMILES string of the molecule is CSc1ccccc1NS(=O)(=O)c1cccc(N)c1C. The number of nitrogen functional groups attached to an aromatic ring is 1. The molecule has 0 amide bonds. The molecule has 0 aliphatic heterocycles. The van der Waals surface area contributed by atoms with Crippen molar-refractivity contribution < 1.29 is 8.42 Å². The molecule has 0 unspecified atom stereocenters. The van der Waals surface area contributed by atoms with Gasteiger partial charge in [-0.05, 0) is 43.0 Å². The van der Waals surface area contributed by atoms with E-state index in [1.165, 1.54) is 11.8 Å². The maximum absolute atomic E-state index is 12.5. The average Bonchev–Trinajstić information content (AvgIpc) is 2.42. The van der Waals surface area contributed by atoms with E-state index in [1.54, 1.807) is 37.3 Å². The lowest BCUT2D eigenvalue weighted by molar-refractivity contribution is 0.600. The van der Waals surface area contributed by atoms with Crippen LogP contribution in [0.2, 0.25) is 0 Å². The molecular formula is C14H16N2O2S2. The molecule has 0 radical (unpaired) electrons. The molecular weight excluding hydrogens is 292 g/mol. The first-order valence-electron chi connectivity index (χ1n) is 5.96. The van der Waals surface area contributed by atoms with E-state index in [4.69, 9.17) is 5.73 Å². The smallest absolute Gasteiger partial charge is 0.262 e. The number of thioether (sulfide) groups is 1. The topological polar surface area (TPSA) is 72.2 Å². The standard InChI is InChI=1S/C14H16N2O2S2/c1-10-11(15)6-5-9-14(10)20(17,18)16-12-7-3-4-8-13(12)19-2/h3-9,16H,15H2,1-2H3. The minimum atomic E-state index is -3.64. The second-order valence-electron chi connectivity index (χ2n) is 4.28. The van der Waals surface area contributed by atoms with Gasteiger partial charge in [0.15, 0.2) is 0 Å². The molecule has 2 aromatic rings. The summed E-state index contributed by atoms with van der Waals surface area (Å²) in [5, 5.41) is 0. The molecule has 106 valence electrons. The lowest BCUT2D eigenvalue weighted by atomic mass is 10.2. The van der Waals surface area contributed by atoms with Crippen LogP contribution in [0.15, 0.2) is 52.3 Å². The Balaban J connectivity index is 2.44. The molecule has 2 aromatic carbocycles. The monoisotopic (exact) mass is 308 g/mol. The van der Waals surface area contributed by atoms with Crippen LogP contribution in [0.5, 0.6) is 0 Å². The van der Waals surface area contributed by atoms with Crippen molar-refractivity contribution >= 4 is 33.2 Å². The minimum absolute atomic E-state index is 0.202. The van der Waals surface area contributed by atoms with Gasteiger partial charge in [-0.3, -0.25) is 4.72 Å². The fourth-order valence-electron chi connectivity index (χ4n) is 1.85. The maximum Gasteiger partial charge on any atom is 0.262 e. The fourth-order valence-corrected chi connectivity index (χ4v) is 3.83. The van der Waals surface area contributed by atoms with Gasteiger partial charge in [0, 0.05) is 10.6 Å². The molecule has 2 rings (SSSR count). The third-order valence-electron chi connectivity index (χ3n) is 2.97. The molecule has 0 aliphatic rings. The lowest BCUT2D eigenvalue weighted by Crippen LogP contribution is -2.15. The number of hydrogen-bond donors (Lipinski definition) is 2. The van der Waals surface area contributed by atoms with E-state index in [0.717, 1.165) is 4.90 Å². The molecule has 4 nitrogen and oxygen atoms in total. The Labute approximate surface area is 123 Å². The molecule has 6 heteroatoms. The van der Waals surface area contributed by atoms with Crippen molar-refractivity contribution in [3.8, 4) is 0 Å². The summed E-state index contributed by atoms with van der Waals surface area (Å²) < 4.78 is 27.6. The zero-order chi connectivity index (χ0) is 14.8. The summed E-state index contributed by atoms with van der Waals surface area (Å²) >= 11 is 1.49. The molecule has 0 spiro atoms. The number of nitrogens with one attached hydrogen (secondary N) is 1. The predicted molar refractivity (Wildman–Crippen MR) is 84.6 cm³/mol. The van der Waals surface area contributed by atoms with Crippen LogP contribution >= 0.6 is 11.8 Å². The van der Waals surface area contributed by atoms with Gasteiger partial charge >= 0.3 is 0 Å². The van der Waals surface area contributed by atoms with Gasteiger partial charge in [-0.25, -0.2) is 8.42 Å². The predicted octanol–water partition coefficient (Wildman–Crippen LogP) is 3.10. The largest absolute Gasteiger partial charge is 0.398 e. The number of nitrogens with two attached hydrogens (primary N) is 1. The first-order valence-corrected chi connectivity index (χ1v) is 8.67. The molecule has 20 heavy (non-hydrogen) atoms. The molecule has 3 N–H and O–H groups in total. The summed E-state index contributed by atoms with van der Waals surface area (Å²) in [6.07, 6.45) is 1.90. The Morgan fingerprint density at radius 2 is 1.80 bits per heavy atom. The van der Waals surface area contributed by atoms with Gasteiger partial charge in [0.1, 0.15) is 0 Å². The van der Waals surface area contributed by atoms with Crippen LogP contribution in [-0.4, -0.2) is 14.7 Å². The van der Waals surface area contributed by atoms with E-state index < -0.39 is 10.0 Å². The number of anilines is 2. The van der Waals surface area contributed by atoms with Crippen LogP contribution in [0.4, 0.5) is 11.4 Å². The summed E-state index contributed by atoms with van der Waals surface area (Å²) in [5.74, 6) is 0. The van der Waals surface area contributed by atoms with Gasteiger partial charge < -0.3 is 5.73 Å². The second-order valence-corrected chi connectivity index (χ2v) is 6.78. The molecule has 0 aromatic heterocycles. The van der Waals surface area contributed by atoms with Crippen molar-refractivity contribution in [3.63, 3.8) is 0 Å². The van der Waals surface area contributed by atoms with Crippen molar-refractivity contribution in [3.05, 3.63) is 48.0 Å². The Morgan fingerprint density at radius 3 is 2.50 bits per heavy atom. The molecule has 0 aliphatic carbocycles. The van der Waals surface area contributed by atoms with Crippen LogP contribution in [0.3, 0.4) is 0 Å². The van der Waals surface area contributed by atoms with Gasteiger partial charge in [0.2, 0.25) is 0 Å². The highest BCUT2D eigenvalue weighted by atomic mass is 32.2. The third kappa shape index (κ3) is 2.91. The second kappa shape index (κ2) is 5.76. The first-order chi connectivity index (χ1) is 9.45. The molecule has 0 atom stereocenters. The van der Waals surface area contributed by atoms with E-state index in [1.807, 2.05) is 18.4 Å². The van der Waals surface area contributed by atoms with Crippen LogP contribution in [0.25, 0.3) is 0 Å². The number of hydrogen-bond acceptors (Lipinski definition) is 4. The van der Waals surface area contributed by atoms with Crippen molar-refractivity contribution in [1.29, 1.82) is 0 Å². The van der Waals surface area contributed by atoms with E-state index in [0.29, 0.717) is 16.9 Å². The Kier molecular flexibility index (Phi) is 4.25. The number of rotatable bonds is 4. The summed E-state index contributed by atoms with van der Waals surface area (Å²) in [6, 6.07) is 12.1. The highest BCUT2D eigenvalue weighted by Crippen LogP contribution is 2.28. The molecule has 0 saturated heterocycles. The third-order valence-corrected chi connectivity index (χ3v) is 5.27. The van der Waals surface area contributed by atoms with Gasteiger partial charge in [-0.15, -0.1) is 11.8 Å². The normalized spacial score (nSPS) is 11.3.